The third-order valence-corrected chi connectivity index (χ3v) is 7.70. The number of carbonyl (C=O) groups excluding carboxylic acids is 3. The molecule has 0 saturated heterocycles. The predicted molar refractivity (Wildman–Crippen MR) is 180 cm³/mol. The van der Waals surface area contributed by atoms with E-state index in [0.29, 0.717) is 5.56 Å². The highest BCUT2D eigenvalue weighted by atomic mass is 19.4. The van der Waals surface area contributed by atoms with Crippen LogP contribution in [0.3, 0.4) is 0 Å². The highest BCUT2D eigenvalue weighted by molar-refractivity contribution is 6.08. The van der Waals surface area contributed by atoms with Gasteiger partial charge in [0.1, 0.15) is 6.04 Å². The Labute approximate surface area is 292 Å². The Morgan fingerprint density at radius 2 is 1.00 bits per heavy atom. The van der Waals surface area contributed by atoms with E-state index in [-0.39, 0.29) is 47.1 Å². The average molecular weight is 720 g/mol. The van der Waals surface area contributed by atoms with Crippen molar-refractivity contribution in [3.05, 3.63) is 155 Å². The number of carboxylic acids is 1. The molecule has 52 heavy (non-hydrogen) atoms. The Hall–Kier alpha value is -6.44. The predicted octanol–water partition coefficient (Wildman–Crippen LogP) is 8.32. The van der Waals surface area contributed by atoms with Gasteiger partial charge in [0, 0.05) is 34.5 Å². The maximum absolute atomic E-state index is 13.5. The molecule has 14 heteroatoms. The summed E-state index contributed by atoms with van der Waals surface area (Å²) >= 11 is 0. The zero-order chi connectivity index (χ0) is 37.6. The standard InChI is InChI=1S/C38H27F6N3O5/c39-37(40,41)28-16-26(17-29(20-28)38(42,43)44)34(49)46-31-19-27(35(50)47-32(36(51)52)15-22-7-3-1-4-8-22)18-30(21-31)45-33(48)25-13-11-24(12-14-25)23-9-5-2-6-10-23/h1-14,16-21,32H,15H2,(H,45,48)(H,46,49)(H,47,50)(H,51,52)/t32-/m0/s1. The second-order valence-electron chi connectivity index (χ2n) is 11.5. The minimum Gasteiger partial charge on any atom is -0.480 e. The lowest BCUT2D eigenvalue weighted by Gasteiger charge is -2.17. The Balaban J connectivity index is 1.47. The Morgan fingerprint density at radius 3 is 1.50 bits per heavy atom. The minimum atomic E-state index is -5.22. The van der Waals surface area contributed by atoms with Crippen LogP contribution in [0.5, 0.6) is 0 Å². The first-order valence-corrected chi connectivity index (χ1v) is 15.4. The number of benzene rings is 5. The summed E-state index contributed by atoms with van der Waals surface area (Å²) < 4.78 is 80.8. The molecule has 0 saturated carbocycles. The van der Waals surface area contributed by atoms with Gasteiger partial charge in [0.15, 0.2) is 0 Å². The van der Waals surface area contributed by atoms with Crippen molar-refractivity contribution in [1.82, 2.24) is 5.32 Å². The van der Waals surface area contributed by atoms with Crippen LogP contribution in [0.15, 0.2) is 121 Å². The minimum absolute atomic E-state index is 0.113. The second-order valence-corrected chi connectivity index (χ2v) is 11.5. The van der Waals surface area contributed by atoms with Crippen molar-refractivity contribution >= 4 is 35.1 Å². The summed E-state index contributed by atoms with van der Waals surface area (Å²) in [7, 11) is 0. The smallest absolute Gasteiger partial charge is 0.416 e. The number of carbonyl (C=O) groups is 4. The molecule has 0 aliphatic rings. The quantitative estimate of drug-likeness (QED) is 0.108. The normalized spacial score (nSPS) is 12.0. The summed E-state index contributed by atoms with van der Waals surface area (Å²) in [4.78, 5) is 51.8. The van der Waals surface area contributed by atoms with Gasteiger partial charge >= 0.3 is 18.3 Å². The molecule has 5 rings (SSSR count). The molecule has 0 aliphatic carbocycles. The summed E-state index contributed by atoms with van der Waals surface area (Å²) in [5.74, 6) is -4.41. The molecule has 0 radical (unpaired) electrons. The molecule has 0 bridgehead atoms. The largest absolute Gasteiger partial charge is 0.480 e. The molecule has 4 N–H and O–H groups in total. The number of anilines is 2. The van der Waals surface area contributed by atoms with Gasteiger partial charge in [-0.1, -0.05) is 72.8 Å². The molecular weight excluding hydrogens is 692 g/mol. The average Bonchev–Trinajstić information content (AvgIpc) is 3.11. The first-order chi connectivity index (χ1) is 24.6. The zero-order valence-corrected chi connectivity index (χ0v) is 26.7. The van der Waals surface area contributed by atoms with E-state index in [1.165, 1.54) is 12.1 Å². The van der Waals surface area contributed by atoms with Crippen LogP contribution >= 0.6 is 0 Å². The Morgan fingerprint density at radius 1 is 0.538 bits per heavy atom. The van der Waals surface area contributed by atoms with E-state index in [9.17, 15) is 50.6 Å². The number of hydrogen-bond acceptors (Lipinski definition) is 4. The van der Waals surface area contributed by atoms with Gasteiger partial charge in [-0.15, -0.1) is 0 Å². The molecule has 0 heterocycles. The molecule has 0 spiro atoms. The van der Waals surface area contributed by atoms with E-state index in [0.717, 1.165) is 29.3 Å². The fourth-order valence-electron chi connectivity index (χ4n) is 5.13. The topological polar surface area (TPSA) is 125 Å². The first kappa shape index (κ1) is 36.8. The van der Waals surface area contributed by atoms with Gasteiger partial charge in [-0.3, -0.25) is 14.4 Å². The monoisotopic (exact) mass is 719 g/mol. The number of rotatable bonds is 10. The van der Waals surface area contributed by atoms with Crippen molar-refractivity contribution in [2.75, 3.05) is 10.6 Å². The molecule has 0 fully saturated rings. The van der Waals surface area contributed by atoms with Gasteiger partial charge < -0.3 is 21.1 Å². The summed E-state index contributed by atoms with van der Waals surface area (Å²) in [6.07, 6.45) is -10.5. The van der Waals surface area contributed by atoms with Crippen LogP contribution in [0.25, 0.3) is 11.1 Å². The van der Waals surface area contributed by atoms with Crippen LogP contribution in [0.4, 0.5) is 37.7 Å². The number of alkyl halides is 6. The van der Waals surface area contributed by atoms with Gasteiger partial charge in [0.05, 0.1) is 11.1 Å². The van der Waals surface area contributed by atoms with E-state index in [1.54, 1.807) is 42.5 Å². The van der Waals surface area contributed by atoms with Crippen LogP contribution < -0.4 is 16.0 Å². The van der Waals surface area contributed by atoms with Gasteiger partial charge in [0.2, 0.25) is 0 Å². The summed E-state index contributed by atoms with van der Waals surface area (Å²) in [5.41, 5.74) is -2.68. The van der Waals surface area contributed by atoms with E-state index >= 15 is 0 Å². The lowest BCUT2D eigenvalue weighted by molar-refractivity contribution is -0.143. The maximum atomic E-state index is 13.5. The molecule has 0 unspecified atom stereocenters. The lowest BCUT2D eigenvalue weighted by Crippen LogP contribution is -2.42. The molecule has 266 valence electrons. The molecular formula is C38H27F6N3O5. The number of aliphatic carboxylic acids is 1. The second kappa shape index (κ2) is 15.2. The fraction of sp³-hybridized carbons (Fsp3) is 0.105. The van der Waals surface area contributed by atoms with Crippen LogP contribution in [-0.4, -0.2) is 34.8 Å². The fourth-order valence-corrected chi connectivity index (χ4v) is 5.13. The maximum Gasteiger partial charge on any atom is 0.416 e. The zero-order valence-electron chi connectivity index (χ0n) is 26.7. The molecule has 5 aromatic carbocycles. The Kier molecular flexibility index (Phi) is 10.8. The highest BCUT2D eigenvalue weighted by Crippen LogP contribution is 2.36. The van der Waals surface area contributed by atoms with Crippen molar-refractivity contribution in [2.45, 2.75) is 24.8 Å². The van der Waals surface area contributed by atoms with Crippen LogP contribution in [0, 0.1) is 0 Å². The van der Waals surface area contributed by atoms with Gasteiger partial charge in [-0.05, 0) is 65.2 Å². The van der Waals surface area contributed by atoms with Crippen molar-refractivity contribution in [3.63, 3.8) is 0 Å². The van der Waals surface area contributed by atoms with Crippen molar-refractivity contribution in [3.8, 4) is 11.1 Å². The van der Waals surface area contributed by atoms with Crippen LogP contribution in [-0.2, 0) is 23.6 Å². The number of nitrogens with one attached hydrogen (secondary N) is 3. The Bertz CT molecular complexity index is 2070. The number of amides is 3. The molecule has 8 nitrogen and oxygen atoms in total. The molecule has 0 aliphatic heterocycles. The van der Waals surface area contributed by atoms with Gasteiger partial charge in [0.25, 0.3) is 17.7 Å². The van der Waals surface area contributed by atoms with E-state index in [1.807, 2.05) is 30.3 Å². The molecule has 3 amide bonds. The van der Waals surface area contributed by atoms with E-state index < -0.39 is 58.8 Å². The summed E-state index contributed by atoms with van der Waals surface area (Å²) in [5, 5.41) is 16.9. The van der Waals surface area contributed by atoms with Gasteiger partial charge in [-0.2, -0.15) is 26.3 Å². The van der Waals surface area contributed by atoms with Crippen molar-refractivity contribution < 1.29 is 50.6 Å². The number of hydrogen-bond donors (Lipinski definition) is 4. The van der Waals surface area contributed by atoms with Crippen LogP contribution in [0.1, 0.15) is 47.8 Å². The molecule has 5 aromatic rings. The van der Waals surface area contributed by atoms with Gasteiger partial charge in [-0.25, -0.2) is 4.79 Å². The molecule has 0 aromatic heterocycles. The first-order valence-electron chi connectivity index (χ1n) is 15.4. The highest BCUT2D eigenvalue weighted by Gasteiger charge is 2.37. The summed E-state index contributed by atoms with van der Waals surface area (Å²) in [6.45, 7) is 0. The lowest BCUT2D eigenvalue weighted by atomic mass is 10.0. The van der Waals surface area contributed by atoms with E-state index in [2.05, 4.69) is 16.0 Å². The SMILES string of the molecule is O=C(Nc1cc(NC(=O)c2cc(C(F)(F)F)cc(C(F)(F)F)c2)cc(C(=O)N[C@@H](Cc2ccccc2)C(=O)O)c1)c1ccc(-c2ccccc2)cc1. The number of halogens is 6. The summed E-state index contributed by atoms with van der Waals surface area (Å²) in [6, 6.07) is 26.3. The molecule has 1 atom stereocenters. The van der Waals surface area contributed by atoms with Crippen LogP contribution in [0.2, 0.25) is 0 Å². The number of carboxylic acid groups (broad SMARTS) is 1. The van der Waals surface area contributed by atoms with E-state index in [4.69, 9.17) is 0 Å². The third kappa shape index (κ3) is 9.41. The third-order valence-electron chi connectivity index (χ3n) is 7.70. The van der Waals surface area contributed by atoms with Crippen molar-refractivity contribution in [1.29, 1.82) is 0 Å². The van der Waals surface area contributed by atoms with Crippen molar-refractivity contribution in [2.24, 2.45) is 0 Å².